The van der Waals surface area contributed by atoms with Crippen LogP contribution < -0.4 is 0 Å². The average molecular weight is 277 g/mol. The van der Waals surface area contributed by atoms with E-state index >= 15 is 0 Å². The quantitative estimate of drug-likeness (QED) is 0.903. The number of nitriles is 1. The SMILES string of the molecule is N#CCc1ccc(F)c(C2(O)CC3CCC(C2)S3)c1. The molecule has 4 heteroatoms. The highest BCUT2D eigenvalue weighted by Gasteiger charge is 2.45. The molecule has 0 aliphatic carbocycles. The predicted octanol–water partition coefficient (Wildman–Crippen LogP) is 3.14. The molecule has 1 aromatic rings. The number of benzene rings is 1. The molecule has 2 atom stereocenters. The minimum absolute atomic E-state index is 0.255. The Morgan fingerprint density at radius 2 is 2.05 bits per heavy atom. The molecule has 2 nitrogen and oxygen atoms in total. The zero-order chi connectivity index (χ0) is 13.5. The van der Waals surface area contributed by atoms with E-state index in [1.807, 2.05) is 11.8 Å². The second-order valence-corrected chi connectivity index (χ2v) is 7.15. The van der Waals surface area contributed by atoms with Crippen LogP contribution in [0.25, 0.3) is 0 Å². The van der Waals surface area contributed by atoms with Gasteiger partial charge in [-0.1, -0.05) is 6.07 Å². The van der Waals surface area contributed by atoms with Crippen molar-refractivity contribution in [3.05, 3.63) is 35.1 Å². The minimum Gasteiger partial charge on any atom is -0.385 e. The van der Waals surface area contributed by atoms with Gasteiger partial charge >= 0.3 is 0 Å². The first-order valence-corrected chi connectivity index (χ1v) is 7.59. The topological polar surface area (TPSA) is 44.0 Å². The Morgan fingerprint density at radius 3 is 2.68 bits per heavy atom. The van der Waals surface area contributed by atoms with Gasteiger partial charge in [0, 0.05) is 16.1 Å². The zero-order valence-electron chi connectivity index (χ0n) is 10.6. The van der Waals surface area contributed by atoms with E-state index in [0.717, 1.165) is 18.4 Å². The van der Waals surface area contributed by atoms with Crippen LogP contribution in [-0.4, -0.2) is 15.6 Å². The van der Waals surface area contributed by atoms with E-state index in [1.165, 1.54) is 6.07 Å². The second-order valence-electron chi connectivity index (χ2n) is 5.55. The van der Waals surface area contributed by atoms with Crippen molar-refractivity contribution in [2.24, 2.45) is 0 Å². The van der Waals surface area contributed by atoms with Crippen LogP contribution >= 0.6 is 11.8 Å². The molecule has 0 aromatic heterocycles. The lowest BCUT2D eigenvalue weighted by Crippen LogP contribution is -2.35. The molecule has 3 rings (SSSR count). The van der Waals surface area contributed by atoms with Gasteiger partial charge in [-0.15, -0.1) is 0 Å². The number of halogens is 1. The molecular weight excluding hydrogens is 261 g/mol. The van der Waals surface area contributed by atoms with Crippen LogP contribution in [0, 0.1) is 17.1 Å². The largest absolute Gasteiger partial charge is 0.385 e. The first-order valence-electron chi connectivity index (χ1n) is 6.64. The van der Waals surface area contributed by atoms with E-state index < -0.39 is 5.60 Å². The molecule has 100 valence electrons. The molecule has 0 radical (unpaired) electrons. The Morgan fingerprint density at radius 1 is 1.37 bits per heavy atom. The predicted molar refractivity (Wildman–Crippen MR) is 73.2 cm³/mol. The number of nitrogens with zero attached hydrogens (tertiary/aromatic N) is 1. The lowest BCUT2D eigenvalue weighted by molar-refractivity contribution is 0.0162. The van der Waals surface area contributed by atoms with Crippen molar-refractivity contribution in [3.63, 3.8) is 0 Å². The summed E-state index contributed by atoms with van der Waals surface area (Å²) < 4.78 is 14.1. The van der Waals surface area contributed by atoms with Gasteiger partial charge in [-0.05, 0) is 43.4 Å². The molecule has 0 saturated carbocycles. The highest BCUT2D eigenvalue weighted by atomic mass is 32.2. The van der Waals surface area contributed by atoms with E-state index in [-0.39, 0.29) is 12.2 Å². The maximum absolute atomic E-state index is 14.1. The molecule has 2 aliphatic heterocycles. The third kappa shape index (κ3) is 2.37. The number of rotatable bonds is 2. The van der Waals surface area contributed by atoms with Crippen LogP contribution in [0.4, 0.5) is 4.39 Å². The standard InChI is InChI=1S/C15H16FNOS/c16-14-4-1-10(5-6-17)7-13(14)15(18)8-11-2-3-12(9-15)19-11/h1,4,7,11-12,18H,2-3,5,8-9H2. The number of thioether (sulfide) groups is 1. The zero-order valence-corrected chi connectivity index (χ0v) is 11.4. The molecule has 1 N–H and O–H groups in total. The van der Waals surface area contributed by atoms with Gasteiger partial charge < -0.3 is 5.11 Å². The van der Waals surface area contributed by atoms with Crippen LogP contribution in [0.1, 0.15) is 36.8 Å². The van der Waals surface area contributed by atoms with Crippen molar-refractivity contribution in [3.8, 4) is 6.07 Å². The number of fused-ring (bicyclic) bond motifs is 2. The summed E-state index contributed by atoms with van der Waals surface area (Å²) in [6, 6.07) is 6.74. The Bertz CT molecular complexity index is 527. The van der Waals surface area contributed by atoms with Crippen molar-refractivity contribution in [1.82, 2.24) is 0 Å². The second kappa shape index (κ2) is 4.81. The van der Waals surface area contributed by atoms with Gasteiger partial charge in [-0.3, -0.25) is 0 Å². The summed E-state index contributed by atoms with van der Waals surface area (Å²) in [5.41, 5.74) is 0.113. The van der Waals surface area contributed by atoms with Crippen molar-refractivity contribution in [2.45, 2.75) is 48.2 Å². The van der Waals surface area contributed by atoms with Crippen LogP contribution in [0.15, 0.2) is 18.2 Å². The van der Waals surface area contributed by atoms with Crippen molar-refractivity contribution in [2.75, 3.05) is 0 Å². The van der Waals surface area contributed by atoms with Crippen molar-refractivity contribution < 1.29 is 9.50 Å². The van der Waals surface area contributed by atoms with Gasteiger partial charge in [0.15, 0.2) is 0 Å². The van der Waals surface area contributed by atoms with Crippen LogP contribution in [-0.2, 0) is 12.0 Å². The van der Waals surface area contributed by atoms with Crippen molar-refractivity contribution >= 4 is 11.8 Å². The summed E-state index contributed by atoms with van der Waals surface area (Å²) in [7, 11) is 0. The molecule has 2 fully saturated rings. The third-order valence-corrected chi connectivity index (χ3v) is 5.72. The van der Waals surface area contributed by atoms with Crippen LogP contribution in [0.5, 0.6) is 0 Å². The summed E-state index contributed by atoms with van der Waals surface area (Å²) in [6.45, 7) is 0. The molecule has 2 aliphatic rings. The van der Waals surface area contributed by atoms with Crippen molar-refractivity contribution in [1.29, 1.82) is 5.26 Å². The molecule has 0 amide bonds. The van der Waals surface area contributed by atoms with E-state index in [9.17, 15) is 9.50 Å². The molecule has 0 spiro atoms. The Hall–Kier alpha value is -1.05. The normalized spacial score (nSPS) is 33.1. The lowest BCUT2D eigenvalue weighted by Gasteiger charge is -2.36. The summed E-state index contributed by atoms with van der Waals surface area (Å²) >= 11 is 1.93. The fourth-order valence-corrected chi connectivity index (χ4v) is 5.10. The monoisotopic (exact) mass is 277 g/mol. The fourth-order valence-electron chi connectivity index (χ4n) is 3.27. The molecule has 1 aromatic carbocycles. The molecule has 19 heavy (non-hydrogen) atoms. The third-order valence-electron chi connectivity index (χ3n) is 4.14. The Balaban J connectivity index is 1.96. The fraction of sp³-hybridized carbons (Fsp3) is 0.533. The molecule has 2 heterocycles. The van der Waals surface area contributed by atoms with E-state index in [4.69, 9.17) is 5.26 Å². The van der Waals surface area contributed by atoms with Gasteiger partial charge in [-0.2, -0.15) is 17.0 Å². The van der Waals surface area contributed by atoms with E-state index in [1.54, 1.807) is 12.1 Å². The molecule has 2 saturated heterocycles. The van der Waals surface area contributed by atoms with Gasteiger partial charge in [-0.25, -0.2) is 4.39 Å². The number of hydrogen-bond acceptors (Lipinski definition) is 3. The highest BCUT2D eigenvalue weighted by Crippen LogP contribution is 2.51. The number of aliphatic hydroxyl groups is 1. The van der Waals surface area contributed by atoms with Gasteiger partial charge in [0.1, 0.15) is 5.82 Å². The molecular formula is C15H16FNOS. The maximum Gasteiger partial charge on any atom is 0.129 e. The summed E-state index contributed by atoms with van der Waals surface area (Å²) in [4.78, 5) is 0. The highest BCUT2D eigenvalue weighted by molar-refractivity contribution is 8.00. The molecule has 2 unspecified atom stereocenters. The van der Waals surface area contributed by atoms with E-state index in [2.05, 4.69) is 6.07 Å². The van der Waals surface area contributed by atoms with Crippen LogP contribution in [0.2, 0.25) is 0 Å². The first kappa shape index (κ1) is 13.0. The minimum atomic E-state index is -1.05. The van der Waals surface area contributed by atoms with Crippen LogP contribution in [0.3, 0.4) is 0 Å². The summed E-state index contributed by atoms with van der Waals surface area (Å²) in [5.74, 6) is -0.351. The van der Waals surface area contributed by atoms with Gasteiger partial charge in [0.05, 0.1) is 18.1 Å². The summed E-state index contributed by atoms with van der Waals surface area (Å²) in [5, 5.41) is 20.5. The summed E-state index contributed by atoms with van der Waals surface area (Å²) in [6.07, 6.45) is 3.75. The lowest BCUT2D eigenvalue weighted by atomic mass is 9.84. The van der Waals surface area contributed by atoms with Gasteiger partial charge in [0.25, 0.3) is 0 Å². The first-order chi connectivity index (χ1) is 9.10. The Labute approximate surface area is 116 Å². The van der Waals surface area contributed by atoms with Gasteiger partial charge in [0.2, 0.25) is 0 Å². The maximum atomic E-state index is 14.1. The van der Waals surface area contributed by atoms with E-state index in [0.29, 0.717) is 28.9 Å². The number of hydrogen-bond donors (Lipinski definition) is 1. The molecule has 2 bridgehead atoms. The average Bonchev–Trinajstić information content (AvgIpc) is 2.72. The Kier molecular flexibility index (Phi) is 3.28. The smallest absolute Gasteiger partial charge is 0.129 e.